The van der Waals surface area contributed by atoms with Gasteiger partial charge in [-0.3, -0.25) is 0 Å². The zero-order chi connectivity index (χ0) is 35.1. The molecule has 0 bridgehead atoms. The van der Waals surface area contributed by atoms with E-state index in [-0.39, 0.29) is 0 Å². The van der Waals surface area contributed by atoms with E-state index in [2.05, 4.69) is 157 Å². The van der Waals surface area contributed by atoms with Crippen molar-refractivity contribution < 1.29 is 4.42 Å². The summed E-state index contributed by atoms with van der Waals surface area (Å²) in [5, 5.41) is 8.35. The first-order valence-electron chi connectivity index (χ1n) is 17.9. The summed E-state index contributed by atoms with van der Waals surface area (Å²) in [6.45, 7) is 0. The number of nitrogens with one attached hydrogen (secondary N) is 1. The summed E-state index contributed by atoms with van der Waals surface area (Å²) < 4.78 is 6.46. The van der Waals surface area contributed by atoms with Crippen LogP contribution in [0.4, 0.5) is 0 Å². The fraction of sp³-hybridized carbons (Fsp3) is 0.0204. The molecule has 2 heterocycles. The van der Waals surface area contributed by atoms with Gasteiger partial charge in [-0.25, -0.2) is 9.98 Å². The molecule has 0 radical (unpaired) electrons. The summed E-state index contributed by atoms with van der Waals surface area (Å²) in [7, 11) is 0. The maximum absolute atomic E-state index is 6.46. The van der Waals surface area contributed by atoms with Crippen molar-refractivity contribution in [3.05, 3.63) is 205 Å². The van der Waals surface area contributed by atoms with E-state index in [1.54, 1.807) is 0 Å². The molecule has 0 fully saturated rings. The third-order valence-electron chi connectivity index (χ3n) is 10.2. The molecule has 4 nitrogen and oxygen atoms in total. The first-order chi connectivity index (χ1) is 26.2. The zero-order valence-corrected chi connectivity index (χ0v) is 28.8. The van der Waals surface area contributed by atoms with Gasteiger partial charge < -0.3 is 9.73 Å². The maximum atomic E-state index is 6.46. The van der Waals surface area contributed by atoms with Crippen LogP contribution in [0.1, 0.15) is 22.9 Å². The van der Waals surface area contributed by atoms with Gasteiger partial charge in [0.15, 0.2) is 5.84 Å². The zero-order valence-electron chi connectivity index (χ0n) is 28.8. The molecule has 1 aliphatic rings. The summed E-state index contributed by atoms with van der Waals surface area (Å²) in [6, 6.07) is 65.9. The summed E-state index contributed by atoms with van der Waals surface area (Å²) in [5.74, 6) is 1.45. The molecule has 1 N–H and O–H groups in total. The lowest BCUT2D eigenvalue weighted by Crippen LogP contribution is -2.33. The molecule has 0 amide bonds. The lowest BCUT2D eigenvalue weighted by molar-refractivity contribution is 0.656. The minimum absolute atomic E-state index is 0.431. The Hall–Kier alpha value is -7.04. The van der Waals surface area contributed by atoms with Gasteiger partial charge in [0.2, 0.25) is 0 Å². The van der Waals surface area contributed by atoms with Crippen molar-refractivity contribution in [3.8, 4) is 33.4 Å². The van der Waals surface area contributed by atoms with E-state index < -0.39 is 6.17 Å². The monoisotopic (exact) mass is 679 g/mol. The lowest BCUT2D eigenvalue weighted by atomic mass is 9.93. The molecule has 4 heteroatoms. The van der Waals surface area contributed by atoms with E-state index in [9.17, 15) is 0 Å². The van der Waals surface area contributed by atoms with Crippen LogP contribution in [0.25, 0.3) is 66.1 Å². The van der Waals surface area contributed by atoms with Crippen LogP contribution in [-0.4, -0.2) is 11.7 Å². The number of benzene rings is 8. The van der Waals surface area contributed by atoms with Gasteiger partial charge in [0.1, 0.15) is 23.2 Å². The molecule has 0 saturated carbocycles. The predicted molar refractivity (Wildman–Crippen MR) is 219 cm³/mol. The number of furan rings is 1. The fourth-order valence-corrected chi connectivity index (χ4v) is 7.40. The maximum Gasteiger partial charge on any atom is 0.159 e. The first kappa shape index (κ1) is 30.8. The Kier molecular flexibility index (Phi) is 7.51. The number of aliphatic imine (C=N–C) groups is 2. The summed E-state index contributed by atoms with van der Waals surface area (Å²) in [5.41, 5.74) is 11.5. The van der Waals surface area contributed by atoms with Gasteiger partial charge in [-0.15, -0.1) is 0 Å². The molecule has 1 aliphatic heterocycles. The van der Waals surface area contributed by atoms with Crippen LogP contribution < -0.4 is 5.32 Å². The molecule has 9 aromatic rings. The minimum atomic E-state index is -0.431. The van der Waals surface area contributed by atoms with E-state index in [4.69, 9.17) is 14.4 Å². The van der Waals surface area contributed by atoms with Crippen LogP contribution in [0.2, 0.25) is 0 Å². The van der Waals surface area contributed by atoms with E-state index in [0.29, 0.717) is 5.84 Å². The highest BCUT2D eigenvalue weighted by molar-refractivity contribution is 6.13. The number of fused-ring (bicyclic) bond motifs is 4. The Morgan fingerprint density at radius 1 is 0.415 bits per heavy atom. The van der Waals surface area contributed by atoms with Crippen LogP contribution in [-0.2, 0) is 0 Å². The normalized spacial score (nSPS) is 14.2. The smallest absolute Gasteiger partial charge is 0.159 e. The molecule has 53 heavy (non-hydrogen) atoms. The Bertz CT molecular complexity index is 2830. The van der Waals surface area contributed by atoms with Crippen LogP contribution >= 0.6 is 0 Å². The summed E-state index contributed by atoms with van der Waals surface area (Å²) >= 11 is 0. The van der Waals surface area contributed by atoms with Crippen LogP contribution in [0, 0.1) is 0 Å². The third kappa shape index (κ3) is 5.77. The molecule has 0 saturated heterocycles. The van der Waals surface area contributed by atoms with Crippen LogP contribution in [0.3, 0.4) is 0 Å². The average molecular weight is 680 g/mol. The standard InChI is InChI=1S/C49H33N3O/c1-3-11-32(12-4-1)34-21-26-38(27-22-34)48-50-47(37-14-5-2-6-15-37)51-49(52-48)44-31-46-43(41-17-9-10-18-45(41)53-46)30-42(44)36-24-19-35(20-25-36)40-28-23-33-13-7-8-16-39(33)29-40/h1-31,49H,(H,50,51,52). The van der Waals surface area contributed by atoms with Crippen LogP contribution in [0.5, 0.6) is 0 Å². The Balaban J connectivity index is 1.11. The second-order valence-electron chi connectivity index (χ2n) is 13.4. The highest BCUT2D eigenvalue weighted by atomic mass is 16.3. The molecule has 10 rings (SSSR count). The average Bonchev–Trinajstić information content (AvgIpc) is 3.61. The number of amidine groups is 2. The van der Waals surface area contributed by atoms with Gasteiger partial charge in [-0.1, -0.05) is 164 Å². The summed E-state index contributed by atoms with van der Waals surface area (Å²) in [4.78, 5) is 10.4. The lowest BCUT2D eigenvalue weighted by Gasteiger charge is -2.25. The fourth-order valence-electron chi connectivity index (χ4n) is 7.40. The molecular weight excluding hydrogens is 647 g/mol. The van der Waals surface area contributed by atoms with E-state index in [1.807, 2.05) is 36.4 Å². The number of nitrogens with zero attached hydrogens (tertiary/aromatic N) is 2. The summed E-state index contributed by atoms with van der Waals surface area (Å²) in [6.07, 6.45) is -0.431. The van der Waals surface area contributed by atoms with Crippen molar-refractivity contribution >= 4 is 44.4 Å². The first-order valence-corrected chi connectivity index (χ1v) is 17.9. The molecule has 250 valence electrons. The SMILES string of the molecule is c1ccc(C2=NC(c3ccc(-c4ccccc4)cc3)=NC(c3cc4oc5ccccc5c4cc3-c3ccc(-c4ccc5ccccc5c4)cc3)N2)cc1. The Morgan fingerprint density at radius 3 is 1.77 bits per heavy atom. The quantitative estimate of drug-likeness (QED) is 0.190. The molecule has 1 aromatic heterocycles. The number of rotatable bonds is 6. The van der Waals surface area contributed by atoms with Gasteiger partial charge in [-0.05, 0) is 68.4 Å². The van der Waals surface area contributed by atoms with E-state index >= 15 is 0 Å². The molecule has 1 atom stereocenters. The minimum Gasteiger partial charge on any atom is -0.456 e. The highest BCUT2D eigenvalue weighted by Crippen LogP contribution is 2.39. The molecule has 0 spiro atoms. The molecule has 8 aromatic carbocycles. The van der Waals surface area contributed by atoms with Gasteiger partial charge in [0, 0.05) is 27.5 Å². The second kappa shape index (κ2) is 12.9. The van der Waals surface area contributed by atoms with Crippen molar-refractivity contribution in [3.63, 3.8) is 0 Å². The van der Waals surface area contributed by atoms with Gasteiger partial charge in [0.25, 0.3) is 0 Å². The van der Waals surface area contributed by atoms with Crippen molar-refractivity contribution in [2.45, 2.75) is 6.17 Å². The van der Waals surface area contributed by atoms with Gasteiger partial charge in [0.05, 0.1) is 0 Å². The molecular formula is C49H33N3O. The van der Waals surface area contributed by atoms with E-state index in [1.165, 1.54) is 27.5 Å². The Morgan fingerprint density at radius 2 is 1.00 bits per heavy atom. The number of hydrogen-bond donors (Lipinski definition) is 1. The second-order valence-corrected chi connectivity index (χ2v) is 13.4. The van der Waals surface area contributed by atoms with Gasteiger partial charge >= 0.3 is 0 Å². The van der Waals surface area contributed by atoms with Crippen molar-refractivity contribution in [2.75, 3.05) is 0 Å². The molecule has 0 aliphatic carbocycles. The number of hydrogen-bond acceptors (Lipinski definition) is 4. The topological polar surface area (TPSA) is 49.9 Å². The van der Waals surface area contributed by atoms with Crippen LogP contribution in [0.15, 0.2) is 202 Å². The van der Waals surface area contributed by atoms with Crippen molar-refractivity contribution in [1.29, 1.82) is 0 Å². The number of para-hydroxylation sites is 1. The highest BCUT2D eigenvalue weighted by Gasteiger charge is 2.25. The van der Waals surface area contributed by atoms with Crippen molar-refractivity contribution in [1.82, 2.24) is 5.32 Å². The molecule has 1 unspecified atom stereocenters. The third-order valence-corrected chi connectivity index (χ3v) is 10.2. The van der Waals surface area contributed by atoms with Crippen molar-refractivity contribution in [2.24, 2.45) is 9.98 Å². The predicted octanol–water partition coefficient (Wildman–Crippen LogP) is 12.2. The van der Waals surface area contributed by atoms with E-state index in [0.717, 1.165) is 61.2 Å². The Labute approximate surface area is 307 Å². The largest absolute Gasteiger partial charge is 0.456 e. The van der Waals surface area contributed by atoms with Gasteiger partial charge in [-0.2, -0.15) is 0 Å².